The van der Waals surface area contributed by atoms with Crippen LogP contribution in [0.4, 0.5) is 0 Å². The summed E-state index contributed by atoms with van der Waals surface area (Å²) >= 11 is 0. The molecule has 1 unspecified atom stereocenters. The number of aromatic nitrogens is 10. The maximum atomic E-state index is 12.1. The third-order valence-corrected chi connectivity index (χ3v) is 9.06. The fourth-order valence-corrected chi connectivity index (χ4v) is 6.00. The molecule has 18 nitrogen and oxygen atoms in total. The second kappa shape index (κ2) is 20.2. The van der Waals surface area contributed by atoms with Crippen molar-refractivity contribution in [2.45, 2.75) is 12.5 Å². The lowest BCUT2D eigenvalue weighted by Crippen LogP contribution is -2.55. The minimum absolute atomic E-state index is 0.175. The van der Waals surface area contributed by atoms with Crippen LogP contribution in [0.3, 0.4) is 0 Å². The number of aromatic amines is 7. The van der Waals surface area contributed by atoms with Gasteiger partial charge in [-0.1, -0.05) is 91.0 Å². The zero-order valence-corrected chi connectivity index (χ0v) is 33.1. The van der Waals surface area contributed by atoms with E-state index in [0.717, 1.165) is 16.7 Å². The van der Waals surface area contributed by atoms with Gasteiger partial charge in [0, 0.05) is 6.42 Å². The number of H-pyrrole nitrogens is 7. The Labute approximate surface area is 354 Å². The molecule has 0 aliphatic carbocycles. The van der Waals surface area contributed by atoms with Gasteiger partial charge in [-0.25, -0.2) is 15.0 Å². The maximum Gasteiger partial charge on any atom is 0.272 e. The van der Waals surface area contributed by atoms with Gasteiger partial charge in [0.15, 0.2) is 0 Å². The lowest BCUT2D eigenvalue weighted by Gasteiger charge is -2.25. The van der Waals surface area contributed by atoms with Crippen molar-refractivity contribution in [2.75, 3.05) is 0 Å². The highest BCUT2D eigenvalue weighted by molar-refractivity contribution is 6.07. The Morgan fingerprint density at radius 2 is 0.841 bits per heavy atom. The van der Waals surface area contributed by atoms with Gasteiger partial charge in [0.05, 0.1) is 54.7 Å². The lowest BCUT2D eigenvalue weighted by atomic mass is 10.0. The quantitative estimate of drug-likeness (QED) is 0.0935. The van der Waals surface area contributed by atoms with E-state index in [-0.39, 0.29) is 61.1 Å². The fraction of sp³-hybridized carbons (Fsp3) is 0.0444. The minimum Gasteiger partial charge on any atom is -0.345 e. The van der Waals surface area contributed by atoms with Crippen LogP contribution in [0.15, 0.2) is 153 Å². The Morgan fingerprint density at radius 1 is 0.460 bits per heavy atom. The molecule has 0 bridgehead atoms. The first-order valence-corrected chi connectivity index (χ1v) is 19.2. The second-order valence-corrected chi connectivity index (χ2v) is 13.7. The molecule has 18 heteroatoms. The number of carbonyl (C=O) groups excluding carboxylic acids is 2. The van der Waals surface area contributed by atoms with Crippen molar-refractivity contribution in [1.29, 1.82) is 0 Å². The monoisotopic (exact) mass is 842 g/mol. The standard InChI is InChI=1S/C15H14N4O2.2C15H12N4O2/c3*20-14-12(6-10-4-2-1-3-5-10)18-15(21)13(19-14)7-11-8-16-9-17-11/h1-5,7-9,12H,6H2,(H,16,17)(H,18,21)(H,19,20);2*1-9H,(H,16,17)(H,18,21)(H,19,20)/b13-7-;12-6+,13-7-;12-6-,13-7-. The van der Waals surface area contributed by atoms with Gasteiger partial charge >= 0.3 is 0 Å². The molecule has 3 aromatic carbocycles. The van der Waals surface area contributed by atoms with E-state index in [1.165, 1.54) is 31.1 Å². The third kappa shape index (κ3) is 11.7. The molecule has 1 saturated heterocycles. The van der Waals surface area contributed by atoms with Gasteiger partial charge in [-0.15, -0.1) is 0 Å². The lowest BCUT2D eigenvalue weighted by molar-refractivity contribution is -0.131. The smallest absolute Gasteiger partial charge is 0.272 e. The molecule has 1 aliphatic heterocycles. The van der Waals surface area contributed by atoms with Crippen molar-refractivity contribution in [3.63, 3.8) is 0 Å². The van der Waals surface area contributed by atoms with Gasteiger partial charge in [0.2, 0.25) is 5.91 Å². The number of amides is 2. The van der Waals surface area contributed by atoms with Crippen molar-refractivity contribution in [3.05, 3.63) is 231 Å². The summed E-state index contributed by atoms with van der Waals surface area (Å²) in [6.07, 6.45) is 17.5. The molecule has 0 saturated carbocycles. The van der Waals surface area contributed by atoms with Crippen LogP contribution in [-0.2, 0) is 16.0 Å². The molecule has 63 heavy (non-hydrogen) atoms. The van der Waals surface area contributed by atoms with Crippen LogP contribution in [0.1, 0.15) is 33.8 Å². The van der Waals surface area contributed by atoms with Crippen molar-refractivity contribution < 1.29 is 9.59 Å². The molecule has 6 heterocycles. The third-order valence-electron chi connectivity index (χ3n) is 9.06. The number of benzene rings is 3. The van der Waals surface area contributed by atoms with Crippen LogP contribution in [0.5, 0.6) is 0 Å². The number of hydrogen-bond donors (Lipinski definition) is 9. The van der Waals surface area contributed by atoms with Gasteiger partial charge < -0.3 is 45.5 Å². The van der Waals surface area contributed by atoms with Gasteiger partial charge in [-0.3, -0.25) is 28.8 Å². The predicted octanol–water partition coefficient (Wildman–Crippen LogP) is -0.504. The number of rotatable bonds is 7. The summed E-state index contributed by atoms with van der Waals surface area (Å²) in [5, 5.41) is 6.14. The summed E-state index contributed by atoms with van der Waals surface area (Å²) in [4.78, 5) is 103. The molecule has 2 amide bonds. The molecule has 0 spiro atoms. The highest BCUT2D eigenvalue weighted by Crippen LogP contribution is 2.10. The van der Waals surface area contributed by atoms with E-state index >= 15 is 0 Å². The Kier molecular flexibility index (Phi) is 13.4. The SMILES string of the molecule is O=C1NC(Cc2ccccc2)C(=O)N/C1=C\c1cnc[nH]1.O=c1[nH]/c(=C/c2ccccc2)c(=O)[nH]/c1=C\c1cnc[nH]1.O=c1[nH]/c(=C\c2cnc[nH]2)c(=O)[nH]/c1=C\c1ccccc1. The van der Waals surface area contributed by atoms with Crippen LogP contribution in [0, 0.1) is 0 Å². The summed E-state index contributed by atoms with van der Waals surface area (Å²) in [5.41, 5.74) is 3.36. The average molecular weight is 843 g/mol. The van der Waals surface area contributed by atoms with E-state index in [4.69, 9.17) is 0 Å². The van der Waals surface area contributed by atoms with Crippen LogP contribution in [0.2, 0.25) is 0 Å². The average Bonchev–Trinajstić information content (AvgIpc) is 4.11. The van der Waals surface area contributed by atoms with Gasteiger partial charge in [0.25, 0.3) is 28.1 Å². The first kappa shape index (κ1) is 42.0. The van der Waals surface area contributed by atoms with Gasteiger partial charge in [-0.2, -0.15) is 0 Å². The number of hydrogen-bond acceptors (Lipinski definition) is 9. The van der Waals surface area contributed by atoms with E-state index in [0.29, 0.717) is 23.5 Å². The molecule has 5 aromatic heterocycles. The summed E-state index contributed by atoms with van der Waals surface area (Å²) in [5.74, 6) is -0.519. The molecule has 314 valence electrons. The highest BCUT2D eigenvalue weighted by atomic mass is 16.2. The zero-order chi connectivity index (χ0) is 44.0. The Hall–Kier alpha value is -9.19. The topological polar surface area (TPSA) is 276 Å². The van der Waals surface area contributed by atoms with Crippen LogP contribution < -0.4 is 54.3 Å². The fourth-order valence-electron chi connectivity index (χ4n) is 6.00. The van der Waals surface area contributed by atoms with E-state index < -0.39 is 6.04 Å². The highest BCUT2D eigenvalue weighted by Gasteiger charge is 2.29. The number of nitrogens with one attached hydrogen (secondary N) is 9. The number of carbonyl (C=O) groups is 2. The number of piperazine rings is 1. The molecule has 0 radical (unpaired) electrons. The van der Waals surface area contributed by atoms with Crippen LogP contribution >= 0.6 is 0 Å². The molecule has 1 atom stereocenters. The summed E-state index contributed by atoms with van der Waals surface area (Å²) < 4.78 is 0. The van der Waals surface area contributed by atoms with E-state index in [1.807, 2.05) is 91.0 Å². The van der Waals surface area contributed by atoms with Crippen LogP contribution in [-0.4, -0.2) is 67.7 Å². The summed E-state index contributed by atoms with van der Waals surface area (Å²) in [6, 6.07) is 27.6. The zero-order valence-electron chi connectivity index (χ0n) is 33.1. The van der Waals surface area contributed by atoms with E-state index in [9.17, 15) is 28.8 Å². The van der Waals surface area contributed by atoms with Gasteiger partial charge in [-0.05, 0) is 47.1 Å². The molecule has 9 N–H and O–H groups in total. The largest absolute Gasteiger partial charge is 0.345 e. The van der Waals surface area contributed by atoms with Crippen LogP contribution in [0.25, 0.3) is 30.4 Å². The van der Waals surface area contributed by atoms with Crippen molar-refractivity contribution in [2.24, 2.45) is 0 Å². The molecule has 1 aliphatic rings. The molecule has 9 rings (SSSR count). The first-order valence-electron chi connectivity index (χ1n) is 19.2. The van der Waals surface area contributed by atoms with Crippen molar-refractivity contribution in [3.8, 4) is 0 Å². The van der Waals surface area contributed by atoms with Crippen molar-refractivity contribution in [1.82, 2.24) is 60.5 Å². The van der Waals surface area contributed by atoms with Gasteiger partial charge in [0.1, 0.15) is 33.1 Å². The molecule has 1 fully saturated rings. The second-order valence-electron chi connectivity index (χ2n) is 13.7. The normalized spacial score (nSPS) is 15.2. The molecule has 8 aromatic rings. The van der Waals surface area contributed by atoms with E-state index in [1.54, 1.807) is 36.8 Å². The van der Waals surface area contributed by atoms with E-state index in [2.05, 4.69) is 60.5 Å². The summed E-state index contributed by atoms with van der Waals surface area (Å²) in [6.45, 7) is 0. The Bertz CT molecular complexity index is 3160. The number of nitrogens with zero attached hydrogens (tertiary/aromatic N) is 3. The van der Waals surface area contributed by atoms with Crippen molar-refractivity contribution >= 4 is 42.2 Å². The maximum absolute atomic E-state index is 12.1. The first-order chi connectivity index (χ1) is 30.7. The minimum atomic E-state index is -0.557. The molecular weight excluding hydrogens is 805 g/mol. The summed E-state index contributed by atoms with van der Waals surface area (Å²) in [7, 11) is 0. The Morgan fingerprint density at radius 3 is 1.24 bits per heavy atom. The molecular formula is C45H38N12O6. The predicted molar refractivity (Wildman–Crippen MR) is 235 cm³/mol. The number of imidazole rings is 3. The Balaban J connectivity index is 0.000000142.